The molecule has 0 saturated heterocycles. The Bertz CT molecular complexity index is 1070. The van der Waals surface area contributed by atoms with Gasteiger partial charge in [-0.3, -0.25) is 9.59 Å². The fourth-order valence-corrected chi connectivity index (χ4v) is 6.38. The Labute approximate surface area is 216 Å². The summed E-state index contributed by atoms with van der Waals surface area (Å²) in [6.45, 7) is 10.1. The monoisotopic (exact) mass is 516 g/mol. The van der Waals surface area contributed by atoms with E-state index in [9.17, 15) is 14.4 Å². The number of thioether (sulfide) groups is 1. The summed E-state index contributed by atoms with van der Waals surface area (Å²) in [7, 11) is 0. The summed E-state index contributed by atoms with van der Waals surface area (Å²) in [5.74, 6) is -0.525. The number of esters is 1. The minimum absolute atomic E-state index is 0.0300. The third-order valence-corrected chi connectivity index (χ3v) is 8.20. The first-order chi connectivity index (χ1) is 16.6. The third-order valence-electron chi connectivity index (χ3n) is 5.64. The number of anilines is 2. The van der Waals surface area contributed by atoms with Crippen LogP contribution in [0.3, 0.4) is 0 Å². The van der Waals surface area contributed by atoms with Gasteiger partial charge in [0.05, 0.1) is 17.4 Å². The van der Waals surface area contributed by atoms with Crippen LogP contribution in [0, 0.1) is 5.41 Å². The average Bonchev–Trinajstić information content (AvgIpc) is 3.14. The van der Waals surface area contributed by atoms with E-state index in [1.54, 1.807) is 6.92 Å². The standard InChI is InChI=1S/C27H36N2O4S2/c1-6-20(34-18-12-10-11-17(15-18)28-22(30)16-27(3,4)5)24(31)29-25-23(26(32)33-7-2)19-13-8-9-14-21(19)35-25/h10-12,15,20H,6-9,13-14,16H2,1-5H3,(H,28,30)(H,29,31). The predicted molar refractivity (Wildman–Crippen MR) is 145 cm³/mol. The van der Waals surface area contributed by atoms with E-state index in [1.165, 1.54) is 28.0 Å². The normalized spacial score (nSPS) is 14.1. The molecule has 2 amide bonds. The molecule has 0 spiro atoms. The second-order valence-electron chi connectivity index (χ2n) is 9.95. The lowest BCUT2D eigenvalue weighted by atomic mass is 9.92. The summed E-state index contributed by atoms with van der Waals surface area (Å²) >= 11 is 2.96. The number of fused-ring (bicyclic) bond motifs is 1. The molecule has 1 aromatic heterocycles. The minimum atomic E-state index is -0.360. The predicted octanol–water partition coefficient (Wildman–Crippen LogP) is 6.69. The molecule has 0 aliphatic heterocycles. The van der Waals surface area contributed by atoms with Gasteiger partial charge in [-0.15, -0.1) is 23.1 Å². The molecule has 1 aromatic carbocycles. The van der Waals surface area contributed by atoms with Crippen molar-refractivity contribution in [2.45, 2.75) is 83.3 Å². The number of benzene rings is 1. The van der Waals surface area contributed by atoms with Crippen LogP contribution in [0.25, 0.3) is 0 Å². The molecule has 0 bridgehead atoms. The lowest BCUT2D eigenvalue weighted by molar-refractivity contribution is -0.118. The molecule has 1 aliphatic carbocycles. The molecule has 2 N–H and O–H groups in total. The van der Waals surface area contributed by atoms with E-state index in [0.717, 1.165) is 41.8 Å². The highest BCUT2D eigenvalue weighted by atomic mass is 32.2. The van der Waals surface area contributed by atoms with E-state index < -0.39 is 0 Å². The molecule has 0 fully saturated rings. The molecular formula is C27H36N2O4S2. The van der Waals surface area contributed by atoms with Gasteiger partial charge in [-0.2, -0.15) is 0 Å². The van der Waals surface area contributed by atoms with Gasteiger partial charge in [-0.25, -0.2) is 4.79 Å². The molecule has 2 aromatic rings. The van der Waals surface area contributed by atoms with Crippen molar-refractivity contribution < 1.29 is 19.1 Å². The van der Waals surface area contributed by atoms with Crippen LogP contribution >= 0.6 is 23.1 Å². The van der Waals surface area contributed by atoms with E-state index in [4.69, 9.17) is 4.74 Å². The molecule has 190 valence electrons. The molecule has 6 nitrogen and oxygen atoms in total. The molecule has 35 heavy (non-hydrogen) atoms. The molecule has 1 unspecified atom stereocenters. The second-order valence-corrected chi connectivity index (χ2v) is 12.3. The number of ether oxygens (including phenoxy) is 1. The number of carbonyl (C=O) groups excluding carboxylic acids is 3. The van der Waals surface area contributed by atoms with Gasteiger partial charge < -0.3 is 15.4 Å². The minimum Gasteiger partial charge on any atom is -0.462 e. The molecule has 8 heteroatoms. The zero-order valence-corrected chi connectivity index (χ0v) is 22.9. The summed E-state index contributed by atoms with van der Waals surface area (Å²) in [6.07, 6.45) is 4.96. The lowest BCUT2D eigenvalue weighted by Gasteiger charge is -2.18. The van der Waals surface area contributed by atoms with E-state index in [-0.39, 0.29) is 28.4 Å². The molecule has 1 heterocycles. The van der Waals surface area contributed by atoms with Crippen molar-refractivity contribution >= 4 is 51.6 Å². The summed E-state index contributed by atoms with van der Waals surface area (Å²) in [6, 6.07) is 7.57. The molecular weight excluding hydrogens is 480 g/mol. The van der Waals surface area contributed by atoms with Crippen molar-refractivity contribution in [3.63, 3.8) is 0 Å². The first kappa shape index (κ1) is 27.3. The fraction of sp³-hybridized carbons (Fsp3) is 0.519. The van der Waals surface area contributed by atoms with Crippen molar-refractivity contribution in [1.29, 1.82) is 0 Å². The van der Waals surface area contributed by atoms with Gasteiger partial charge >= 0.3 is 5.97 Å². The number of aryl methyl sites for hydroxylation is 1. The molecule has 0 radical (unpaired) electrons. The fourth-order valence-electron chi connectivity index (χ4n) is 4.09. The number of thiophene rings is 1. The first-order valence-electron chi connectivity index (χ1n) is 12.3. The van der Waals surface area contributed by atoms with Gasteiger partial charge in [-0.05, 0) is 68.2 Å². The average molecular weight is 517 g/mol. The Morgan fingerprint density at radius 1 is 1.11 bits per heavy atom. The van der Waals surface area contributed by atoms with Crippen LogP contribution in [-0.4, -0.2) is 29.6 Å². The van der Waals surface area contributed by atoms with Crippen molar-refractivity contribution in [2.24, 2.45) is 5.41 Å². The topological polar surface area (TPSA) is 84.5 Å². The van der Waals surface area contributed by atoms with Gasteiger partial charge in [0, 0.05) is 21.9 Å². The Kier molecular flexibility index (Phi) is 9.41. The van der Waals surface area contributed by atoms with Crippen LogP contribution in [0.5, 0.6) is 0 Å². The Morgan fingerprint density at radius 2 is 1.86 bits per heavy atom. The lowest BCUT2D eigenvalue weighted by Crippen LogP contribution is -2.25. The van der Waals surface area contributed by atoms with Crippen LogP contribution in [0.4, 0.5) is 10.7 Å². The van der Waals surface area contributed by atoms with Gasteiger partial charge in [0.1, 0.15) is 5.00 Å². The first-order valence-corrected chi connectivity index (χ1v) is 14.0. The maximum Gasteiger partial charge on any atom is 0.341 e. The van der Waals surface area contributed by atoms with E-state index in [1.807, 2.05) is 52.0 Å². The maximum absolute atomic E-state index is 13.3. The Morgan fingerprint density at radius 3 is 2.54 bits per heavy atom. The smallest absolute Gasteiger partial charge is 0.341 e. The van der Waals surface area contributed by atoms with E-state index in [0.29, 0.717) is 30.0 Å². The molecule has 0 saturated carbocycles. The summed E-state index contributed by atoms with van der Waals surface area (Å²) in [5, 5.41) is 6.25. The zero-order chi connectivity index (χ0) is 25.6. The number of hydrogen-bond acceptors (Lipinski definition) is 6. The number of carbonyl (C=O) groups is 3. The number of amides is 2. The van der Waals surface area contributed by atoms with Crippen molar-refractivity contribution in [2.75, 3.05) is 17.2 Å². The van der Waals surface area contributed by atoms with Crippen LogP contribution < -0.4 is 10.6 Å². The third kappa shape index (κ3) is 7.58. The van der Waals surface area contributed by atoms with Crippen LogP contribution in [0.15, 0.2) is 29.2 Å². The largest absolute Gasteiger partial charge is 0.462 e. The highest BCUT2D eigenvalue weighted by molar-refractivity contribution is 8.00. The Balaban J connectivity index is 1.73. The summed E-state index contributed by atoms with van der Waals surface area (Å²) in [4.78, 5) is 40.4. The van der Waals surface area contributed by atoms with Gasteiger partial charge in [-0.1, -0.05) is 33.8 Å². The van der Waals surface area contributed by atoms with Crippen molar-refractivity contribution in [1.82, 2.24) is 0 Å². The van der Waals surface area contributed by atoms with Gasteiger partial charge in [0.25, 0.3) is 0 Å². The Hall–Kier alpha value is -2.32. The molecule has 1 atom stereocenters. The maximum atomic E-state index is 13.3. The second kappa shape index (κ2) is 12.1. The van der Waals surface area contributed by atoms with Crippen molar-refractivity contribution in [3.05, 3.63) is 40.3 Å². The van der Waals surface area contributed by atoms with Crippen LogP contribution in [0.2, 0.25) is 0 Å². The zero-order valence-electron chi connectivity index (χ0n) is 21.3. The quantitative estimate of drug-likeness (QED) is 0.287. The highest BCUT2D eigenvalue weighted by Gasteiger charge is 2.29. The number of hydrogen-bond donors (Lipinski definition) is 2. The van der Waals surface area contributed by atoms with Gasteiger partial charge in [0.2, 0.25) is 11.8 Å². The number of nitrogens with one attached hydrogen (secondary N) is 2. The number of rotatable bonds is 9. The van der Waals surface area contributed by atoms with Crippen molar-refractivity contribution in [3.8, 4) is 0 Å². The molecule has 3 rings (SSSR count). The summed E-state index contributed by atoms with van der Waals surface area (Å²) < 4.78 is 5.31. The van der Waals surface area contributed by atoms with Crippen LogP contribution in [0.1, 0.15) is 81.1 Å². The highest BCUT2D eigenvalue weighted by Crippen LogP contribution is 2.39. The molecule has 1 aliphatic rings. The van der Waals surface area contributed by atoms with Crippen LogP contribution in [-0.2, 0) is 27.2 Å². The summed E-state index contributed by atoms with van der Waals surface area (Å²) in [5.41, 5.74) is 2.19. The van der Waals surface area contributed by atoms with E-state index >= 15 is 0 Å². The van der Waals surface area contributed by atoms with Gasteiger partial charge in [0.15, 0.2) is 0 Å². The van der Waals surface area contributed by atoms with E-state index in [2.05, 4.69) is 10.6 Å². The SMILES string of the molecule is CCOC(=O)c1c(NC(=O)C(CC)Sc2cccc(NC(=O)CC(C)(C)C)c2)sc2c1CCCC2.